The van der Waals surface area contributed by atoms with Gasteiger partial charge in [-0.05, 0) is 58.4 Å². The van der Waals surface area contributed by atoms with Crippen molar-refractivity contribution in [1.29, 1.82) is 0 Å². The third-order valence-corrected chi connectivity index (χ3v) is 5.73. The van der Waals surface area contributed by atoms with Gasteiger partial charge in [0.2, 0.25) is 0 Å². The summed E-state index contributed by atoms with van der Waals surface area (Å²) in [6.45, 7) is 12.7. The van der Waals surface area contributed by atoms with Crippen molar-refractivity contribution < 1.29 is 0 Å². The van der Waals surface area contributed by atoms with E-state index < -0.39 is 0 Å². The standard InChI is InChI=1S/C22H27BrN4O/c1-7-14(4)21-25-20-9-8-18(23)11-19(20)22(28)27(21)24-12-17-10-15(5)26(13(2)3)16(17)6/h8-14H,7H2,1-6H3/t14-/m1/s1. The zero-order valence-corrected chi connectivity index (χ0v) is 18.9. The van der Waals surface area contributed by atoms with Crippen molar-refractivity contribution in [2.24, 2.45) is 5.10 Å². The topological polar surface area (TPSA) is 52.2 Å². The van der Waals surface area contributed by atoms with Gasteiger partial charge in [-0.15, -0.1) is 0 Å². The highest BCUT2D eigenvalue weighted by atomic mass is 79.9. The van der Waals surface area contributed by atoms with Gasteiger partial charge in [-0.25, -0.2) is 4.98 Å². The number of rotatable bonds is 5. The number of fused-ring (bicyclic) bond motifs is 1. The minimum absolute atomic E-state index is 0.126. The average Bonchev–Trinajstić information content (AvgIpc) is 2.94. The molecule has 1 atom stereocenters. The highest BCUT2D eigenvalue weighted by Crippen LogP contribution is 2.22. The predicted octanol–water partition coefficient (Wildman–Crippen LogP) is 5.55. The lowest BCUT2D eigenvalue weighted by molar-refractivity contribution is 0.574. The van der Waals surface area contributed by atoms with E-state index in [4.69, 9.17) is 4.98 Å². The molecular formula is C22H27BrN4O. The van der Waals surface area contributed by atoms with Gasteiger partial charge in [0, 0.05) is 33.4 Å². The Bertz CT molecular complexity index is 1110. The van der Waals surface area contributed by atoms with Crippen LogP contribution in [0.2, 0.25) is 0 Å². The van der Waals surface area contributed by atoms with E-state index in [9.17, 15) is 4.79 Å². The molecule has 28 heavy (non-hydrogen) atoms. The Morgan fingerprint density at radius 1 is 1.21 bits per heavy atom. The van der Waals surface area contributed by atoms with Crippen LogP contribution in [0.5, 0.6) is 0 Å². The molecule has 2 heterocycles. The Kier molecular flexibility index (Phi) is 5.89. The molecule has 0 bridgehead atoms. The molecule has 1 aromatic carbocycles. The van der Waals surface area contributed by atoms with E-state index in [1.807, 2.05) is 18.2 Å². The molecule has 0 aliphatic carbocycles. The van der Waals surface area contributed by atoms with Crippen LogP contribution < -0.4 is 5.56 Å². The molecule has 0 saturated carbocycles. The predicted molar refractivity (Wildman–Crippen MR) is 120 cm³/mol. The molecule has 0 radical (unpaired) electrons. The normalized spacial score (nSPS) is 13.1. The van der Waals surface area contributed by atoms with Gasteiger partial charge in [-0.1, -0.05) is 29.8 Å². The second kappa shape index (κ2) is 8.03. The van der Waals surface area contributed by atoms with Gasteiger partial charge in [0.05, 0.1) is 17.1 Å². The number of aromatic nitrogens is 3. The maximum Gasteiger partial charge on any atom is 0.282 e. The molecule has 6 heteroatoms. The lowest BCUT2D eigenvalue weighted by Gasteiger charge is -2.14. The fraction of sp³-hybridized carbons (Fsp3) is 0.409. The number of nitrogens with zero attached hydrogens (tertiary/aromatic N) is 4. The van der Waals surface area contributed by atoms with Crippen LogP contribution in [0.1, 0.15) is 68.9 Å². The van der Waals surface area contributed by atoms with E-state index in [1.165, 1.54) is 10.4 Å². The van der Waals surface area contributed by atoms with Gasteiger partial charge < -0.3 is 4.57 Å². The van der Waals surface area contributed by atoms with Gasteiger partial charge in [0.25, 0.3) is 5.56 Å². The fourth-order valence-electron chi connectivity index (χ4n) is 3.63. The smallest absolute Gasteiger partial charge is 0.282 e. The summed E-state index contributed by atoms with van der Waals surface area (Å²) < 4.78 is 4.59. The van der Waals surface area contributed by atoms with Crippen LogP contribution >= 0.6 is 15.9 Å². The van der Waals surface area contributed by atoms with Crippen LogP contribution in [0.4, 0.5) is 0 Å². The first kappa shape index (κ1) is 20.5. The molecule has 0 aliphatic heterocycles. The maximum absolute atomic E-state index is 13.2. The van der Waals surface area contributed by atoms with Crippen LogP contribution in [0.3, 0.4) is 0 Å². The summed E-state index contributed by atoms with van der Waals surface area (Å²) in [5.41, 5.74) is 3.90. The second-order valence-electron chi connectivity index (χ2n) is 7.59. The van der Waals surface area contributed by atoms with Crippen LogP contribution in [-0.2, 0) is 0 Å². The molecule has 3 aromatic rings. The summed E-state index contributed by atoms with van der Waals surface area (Å²) in [5.74, 6) is 0.817. The Labute approximate surface area is 174 Å². The second-order valence-corrected chi connectivity index (χ2v) is 8.51. The van der Waals surface area contributed by atoms with Crippen molar-refractivity contribution in [2.45, 2.75) is 59.9 Å². The van der Waals surface area contributed by atoms with Crippen LogP contribution in [0.25, 0.3) is 10.9 Å². The zero-order valence-electron chi connectivity index (χ0n) is 17.3. The molecule has 5 nitrogen and oxygen atoms in total. The lowest BCUT2D eigenvalue weighted by atomic mass is 10.1. The number of hydrogen-bond acceptors (Lipinski definition) is 3. The van der Waals surface area contributed by atoms with Crippen molar-refractivity contribution in [3.8, 4) is 0 Å². The van der Waals surface area contributed by atoms with Gasteiger partial charge in [-0.3, -0.25) is 4.79 Å². The number of benzene rings is 1. The molecule has 3 rings (SSSR count). The Morgan fingerprint density at radius 3 is 2.54 bits per heavy atom. The molecule has 0 aliphatic rings. The average molecular weight is 443 g/mol. The molecule has 0 saturated heterocycles. The molecule has 0 spiro atoms. The lowest BCUT2D eigenvalue weighted by Crippen LogP contribution is -2.23. The number of aryl methyl sites for hydroxylation is 1. The summed E-state index contributed by atoms with van der Waals surface area (Å²) >= 11 is 3.44. The first-order valence-electron chi connectivity index (χ1n) is 9.69. The third kappa shape index (κ3) is 3.70. The van der Waals surface area contributed by atoms with Crippen molar-refractivity contribution in [3.05, 3.63) is 61.9 Å². The van der Waals surface area contributed by atoms with E-state index in [0.717, 1.165) is 22.2 Å². The summed E-state index contributed by atoms with van der Waals surface area (Å²) in [6, 6.07) is 8.07. The summed E-state index contributed by atoms with van der Waals surface area (Å²) in [4.78, 5) is 17.9. The molecule has 0 amide bonds. The number of halogens is 1. The van der Waals surface area contributed by atoms with Crippen molar-refractivity contribution >= 4 is 33.0 Å². The first-order valence-corrected chi connectivity index (χ1v) is 10.5. The fourth-order valence-corrected chi connectivity index (χ4v) is 3.99. The Balaban J connectivity index is 2.19. The molecule has 2 aromatic heterocycles. The zero-order chi connectivity index (χ0) is 20.6. The van der Waals surface area contributed by atoms with E-state index in [2.05, 4.69) is 73.2 Å². The minimum atomic E-state index is -0.143. The molecular weight excluding hydrogens is 416 g/mol. The quantitative estimate of drug-likeness (QED) is 0.486. The van der Waals surface area contributed by atoms with E-state index in [-0.39, 0.29) is 11.5 Å². The largest absolute Gasteiger partial charge is 0.346 e. The van der Waals surface area contributed by atoms with Crippen molar-refractivity contribution in [2.75, 3.05) is 0 Å². The first-order chi connectivity index (χ1) is 13.2. The SMILES string of the molecule is CC[C@@H](C)c1nc2ccc(Br)cc2c(=O)n1N=Cc1cc(C)n(C(C)C)c1C. The highest BCUT2D eigenvalue weighted by molar-refractivity contribution is 9.10. The van der Waals surface area contributed by atoms with Crippen molar-refractivity contribution in [3.63, 3.8) is 0 Å². The Morgan fingerprint density at radius 2 is 1.93 bits per heavy atom. The molecule has 0 unspecified atom stereocenters. The third-order valence-electron chi connectivity index (χ3n) is 5.24. The summed E-state index contributed by atoms with van der Waals surface area (Å²) in [7, 11) is 0. The molecule has 148 valence electrons. The van der Waals surface area contributed by atoms with Crippen LogP contribution in [-0.4, -0.2) is 20.4 Å². The monoisotopic (exact) mass is 442 g/mol. The van der Waals surface area contributed by atoms with Crippen LogP contribution in [0.15, 0.2) is 38.6 Å². The van der Waals surface area contributed by atoms with E-state index in [1.54, 1.807) is 6.21 Å². The van der Waals surface area contributed by atoms with E-state index >= 15 is 0 Å². The molecule has 0 fully saturated rings. The molecule has 0 N–H and O–H groups in total. The maximum atomic E-state index is 13.2. The van der Waals surface area contributed by atoms with Gasteiger partial charge in [0.1, 0.15) is 5.82 Å². The Hall–Kier alpha value is -2.21. The van der Waals surface area contributed by atoms with E-state index in [0.29, 0.717) is 22.8 Å². The van der Waals surface area contributed by atoms with Gasteiger partial charge in [-0.2, -0.15) is 9.78 Å². The highest BCUT2D eigenvalue weighted by Gasteiger charge is 2.16. The minimum Gasteiger partial charge on any atom is -0.346 e. The van der Waals surface area contributed by atoms with Gasteiger partial charge in [0.15, 0.2) is 0 Å². The van der Waals surface area contributed by atoms with Crippen LogP contribution in [0, 0.1) is 13.8 Å². The summed E-state index contributed by atoms with van der Waals surface area (Å²) in [6.07, 6.45) is 2.66. The summed E-state index contributed by atoms with van der Waals surface area (Å²) in [5, 5.41) is 5.15. The number of hydrogen-bond donors (Lipinski definition) is 0. The van der Waals surface area contributed by atoms with Crippen molar-refractivity contribution in [1.82, 2.24) is 14.2 Å². The van der Waals surface area contributed by atoms with Gasteiger partial charge >= 0.3 is 0 Å².